The second kappa shape index (κ2) is 8.81. The minimum Gasteiger partial charge on any atom is -0.368 e. The van der Waals surface area contributed by atoms with Gasteiger partial charge in [-0.15, -0.1) is 0 Å². The van der Waals surface area contributed by atoms with Gasteiger partial charge in [-0.3, -0.25) is 4.79 Å². The Morgan fingerprint density at radius 1 is 1.03 bits per heavy atom. The number of alkyl halides is 3. The molecule has 0 spiro atoms. The van der Waals surface area contributed by atoms with Crippen molar-refractivity contribution in [3.63, 3.8) is 0 Å². The summed E-state index contributed by atoms with van der Waals surface area (Å²) < 4.78 is 41.2. The van der Waals surface area contributed by atoms with E-state index in [2.05, 4.69) is 40.7 Å². The molecule has 1 amide bonds. The normalized spacial score (nSPS) is 18.6. The van der Waals surface area contributed by atoms with E-state index in [1.807, 2.05) is 11.1 Å². The minimum absolute atomic E-state index is 0.113. The van der Waals surface area contributed by atoms with Crippen LogP contribution in [0.5, 0.6) is 0 Å². The molecule has 1 saturated heterocycles. The van der Waals surface area contributed by atoms with Crippen LogP contribution in [0.25, 0.3) is 0 Å². The summed E-state index contributed by atoms with van der Waals surface area (Å²) in [6.07, 6.45) is -0.676. The Labute approximate surface area is 196 Å². The fourth-order valence-corrected chi connectivity index (χ4v) is 4.95. The van der Waals surface area contributed by atoms with Crippen molar-refractivity contribution in [3.8, 4) is 0 Å². The number of nitrogens with zero attached hydrogens (tertiary/aromatic N) is 4. The molecule has 8 heteroatoms. The summed E-state index contributed by atoms with van der Waals surface area (Å²) in [6.45, 7) is 4.76. The molecule has 0 radical (unpaired) electrons. The van der Waals surface area contributed by atoms with Gasteiger partial charge in [0.05, 0.1) is 5.56 Å². The van der Waals surface area contributed by atoms with E-state index >= 15 is 0 Å². The lowest BCUT2D eigenvalue weighted by Crippen LogP contribution is -2.49. The molecule has 5 rings (SSSR count). The zero-order valence-corrected chi connectivity index (χ0v) is 19.1. The standard InChI is InChI=1S/C26H27F3N4O/c1-18-4-2-5-19(14-18)20-8-9-24-30-23(17-33(24)16-20)25(34)32-12-10-31(11-13-32)22-7-3-6-21(15-22)26(27,28)29/h2-7,14-15,17,20H,8-13,16H2,1H3. The first-order chi connectivity index (χ1) is 16.3. The number of hydrogen-bond acceptors (Lipinski definition) is 3. The van der Waals surface area contributed by atoms with Crippen LogP contribution < -0.4 is 4.90 Å². The largest absolute Gasteiger partial charge is 0.416 e. The van der Waals surface area contributed by atoms with Crippen LogP contribution in [0.15, 0.2) is 54.7 Å². The summed E-state index contributed by atoms with van der Waals surface area (Å²) >= 11 is 0. The van der Waals surface area contributed by atoms with E-state index in [4.69, 9.17) is 0 Å². The number of amides is 1. The Morgan fingerprint density at radius 2 is 1.79 bits per heavy atom. The molecule has 2 aliphatic rings. The van der Waals surface area contributed by atoms with Crippen molar-refractivity contribution in [2.45, 2.75) is 38.4 Å². The van der Waals surface area contributed by atoms with Gasteiger partial charge in [0.1, 0.15) is 11.5 Å². The molecule has 1 atom stereocenters. The number of anilines is 1. The Balaban J connectivity index is 1.23. The average molecular weight is 469 g/mol. The van der Waals surface area contributed by atoms with Gasteiger partial charge in [0.15, 0.2) is 0 Å². The van der Waals surface area contributed by atoms with Crippen molar-refractivity contribution < 1.29 is 18.0 Å². The summed E-state index contributed by atoms with van der Waals surface area (Å²) in [5.74, 6) is 1.23. The molecule has 3 aromatic rings. The van der Waals surface area contributed by atoms with Gasteiger partial charge in [-0.05, 0) is 37.1 Å². The van der Waals surface area contributed by atoms with Gasteiger partial charge in [-0.2, -0.15) is 13.2 Å². The molecule has 0 saturated carbocycles. The molecule has 2 aromatic carbocycles. The molecule has 0 aliphatic carbocycles. The van der Waals surface area contributed by atoms with Gasteiger partial charge in [0.25, 0.3) is 5.91 Å². The molecule has 1 unspecified atom stereocenters. The fourth-order valence-electron chi connectivity index (χ4n) is 4.95. The van der Waals surface area contributed by atoms with Gasteiger partial charge in [0.2, 0.25) is 0 Å². The monoisotopic (exact) mass is 468 g/mol. The lowest BCUT2D eigenvalue weighted by atomic mass is 9.91. The van der Waals surface area contributed by atoms with E-state index < -0.39 is 11.7 Å². The number of benzene rings is 2. The highest BCUT2D eigenvalue weighted by Crippen LogP contribution is 2.32. The topological polar surface area (TPSA) is 41.4 Å². The van der Waals surface area contributed by atoms with Crippen LogP contribution in [0.1, 0.15) is 45.3 Å². The smallest absolute Gasteiger partial charge is 0.368 e. The minimum atomic E-state index is -4.37. The molecule has 1 fully saturated rings. The third kappa shape index (κ3) is 4.54. The van der Waals surface area contributed by atoms with Crippen molar-refractivity contribution in [3.05, 3.63) is 82.9 Å². The zero-order chi connectivity index (χ0) is 23.9. The number of fused-ring (bicyclic) bond motifs is 1. The molecular formula is C26H27F3N4O. The average Bonchev–Trinajstić information content (AvgIpc) is 3.27. The Kier molecular flexibility index (Phi) is 5.83. The first-order valence-electron chi connectivity index (χ1n) is 11.6. The Hall–Kier alpha value is -3.29. The maximum Gasteiger partial charge on any atom is 0.416 e. The van der Waals surface area contributed by atoms with Crippen LogP contribution in [0.2, 0.25) is 0 Å². The predicted molar refractivity (Wildman–Crippen MR) is 124 cm³/mol. The fraction of sp³-hybridized carbons (Fsp3) is 0.385. The van der Waals surface area contributed by atoms with Gasteiger partial charge < -0.3 is 14.4 Å². The van der Waals surface area contributed by atoms with E-state index in [1.165, 1.54) is 23.3 Å². The lowest BCUT2D eigenvalue weighted by molar-refractivity contribution is -0.137. The van der Waals surface area contributed by atoms with Crippen molar-refractivity contribution in [2.24, 2.45) is 0 Å². The Bertz CT molecular complexity index is 1190. The summed E-state index contributed by atoms with van der Waals surface area (Å²) in [7, 11) is 0. The molecule has 3 heterocycles. The zero-order valence-electron chi connectivity index (χ0n) is 19.1. The number of carbonyl (C=O) groups is 1. The van der Waals surface area contributed by atoms with Gasteiger partial charge in [-0.1, -0.05) is 35.9 Å². The van der Waals surface area contributed by atoms with Crippen LogP contribution in [0, 0.1) is 6.92 Å². The van der Waals surface area contributed by atoms with Crippen LogP contribution >= 0.6 is 0 Å². The SMILES string of the molecule is Cc1cccc(C2CCc3nc(C(=O)N4CCN(c5cccc(C(F)(F)F)c5)CC4)cn3C2)c1. The lowest BCUT2D eigenvalue weighted by Gasteiger charge is -2.36. The number of halogens is 3. The number of hydrogen-bond donors (Lipinski definition) is 0. The molecule has 34 heavy (non-hydrogen) atoms. The number of carbonyl (C=O) groups excluding carboxylic acids is 1. The van der Waals surface area contributed by atoms with Crippen LogP contribution in [-0.4, -0.2) is 46.5 Å². The Morgan fingerprint density at radius 3 is 2.53 bits per heavy atom. The highest BCUT2D eigenvalue weighted by atomic mass is 19.4. The molecule has 5 nitrogen and oxygen atoms in total. The predicted octanol–water partition coefficient (Wildman–Crippen LogP) is 4.90. The number of imidazole rings is 1. The quantitative estimate of drug-likeness (QED) is 0.549. The molecule has 0 N–H and O–H groups in total. The van der Waals surface area contributed by atoms with E-state index in [-0.39, 0.29) is 5.91 Å². The number of piperazine rings is 1. The highest BCUT2D eigenvalue weighted by molar-refractivity contribution is 5.92. The second-order valence-electron chi connectivity index (χ2n) is 9.17. The van der Waals surface area contributed by atoms with E-state index in [0.717, 1.165) is 31.3 Å². The summed E-state index contributed by atoms with van der Waals surface area (Å²) in [5.41, 5.74) is 2.89. The third-order valence-corrected chi connectivity index (χ3v) is 6.83. The number of rotatable bonds is 3. The van der Waals surface area contributed by atoms with E-state index in [1.54, 1.807) is 11.0 Å². The highest BCUT2D eigenvalue weighted by Gasteiger charge is 2.32. The van der Waals surface area contributed by atoms with Gasteiger partial charge in [-0.25, -0.2) is 4.98 Å². The summed E-state index contributed by atoms with van der Waals surface area (Å²) in [6, 6.07) is 13.9. The first-order valence-corrected chi connectivity index (χ1v) is 11.6. The molecular weight excluding hydrogens is 441 g/mol. The third-order valence-electron chi connectivity index (χ3n) is 6.83. The molecule has 1 aromatic heterocycles. The van der Waals surface area contributed by atoms with Gasteiger partial charge in [0, 0.05) is 56.9 Å². The summed E-state index contributed by atoms with van der Waals surface area (Å²) in [5, 5.41) is 0. The van der Waals surface area contributed by atoms with Crippen molar-refractivity contribution >= 4 is 11.6 Å². The molecule has 0 bridgehead atoms. The van der Waals surface area contributed by atoms with Crippen molar-refractivity contribution in [1.82, 2.24) is 14.5 Å². The van der Waals surface area contributed by atoms with Crippen molar-refractivity contribution in [1.29, 1.82) is 0 Å². The maximum atomic E-state index is 13.1. The van der Waals surface area contributed by atoms with Crippen LogP contribution in [0.4, 0.5) is 18.9 Å². The molecule has 178 valence electrons. The van der Waals surface area contributed by atoms with Crippen LogP contribution in [-0.2, 0) is 19.1 Å². The summed E-state index contributed by atoms with van der Waals surface area (Å²) in [4.78, 5) is 21.4. The number of aromatic nitrogens is 2. The molecule has 2 aliphatic heterocycles. The van der Waals surface area contributed by atoms with E-state index in [0.29, 0.717) is 43.5 Å². The first kappa shape index (κ1) is 22.5. The number of aryl methyl sites for hydroxylation is 2. The maximum absolute atomic E-state index is 13.1. The van der Waals surface area contributed by atoms with Gasteiger partial charge >= 0.3 is 6.18 Å². The van der Waals surface area contributed by atoms with Crippen molar-refractivity contribution in [2.75, 3.05) is 31.1 Å². The second-order valence-corrected chi connectivity index (χ2v) is 9.17. The van der Waals surface area contributed by atoms with E-state index in [9.17, 15) is 18.0 Å². The van der Waals surface area contributed by atoms with Crippen LogP contribution in [0.3, 0.4) is 0 Å².